The van der Waals surface area contributed by atoms with Crippen LogP contribution in [0.5, 0.6) is 0 Å². The zero-order valence-electron chi connectivity index (χ0n) is 44.1. The van der Waals surface area contributed by atoms with E-state index < -0.39 is 26.1 Å². The van der Waals surface area contributed by atoms with Crippen LogP contribution in [0.15, 0.2) is 72.8 Å². The van der Waals surface area contributed by atoms with E-state index in [9.17, 15) is 18.9 Å². The van der Waals surface area contributed by atoms with Gasteiger partial charge in [-0.25, -0.2) is 4.57 Å². The van der Waals surface area contributed by atoms with Gasteiger partial charge in [0.25, 0.3) is 0 Å². The van der Waals surface area contributed by atoms with E-state index in [1.807, 2.05) is 0 Å². The molecule has 6 rings (SSSR count). The zero-order valence-corrected chi connectivity index (χ0v) is 45.0. The molecule has 0 unspecified atom stereocenters. The van der Waals surface area contributed by atoms with Crippen LogP contribution < -0.4 is 0 Å². The molecule has 10 nitrogen and oxygen atoms in total. The number of nitrogens with zero attached hydrogens (tertiary/aromatic N) is 3. The maximum atomic E-state index is 14.4. The van der Waals surface area contributed by atoms with Crippen LogP contribution in [-0.4, -0.2) is 90.0 Å². The highest BCUT2D eigenvalue weighted by Gasteiger charge is 2.46. The molecule has 3 fully saturated rings. The summed E-state index contributed by atoms with van der Waals surface area (Å²) in [5.41, 5.74) is 8.38. The van der Waals surface area contributed by atoms with Gasteiger partial charge in [-0.3, -0.25) is 28.0 Å². The lowest BCUT2D eigenvalue weighted by atomic mass is 10.0. The largest absolute Gasteiger partial charge is 0.475 e. The van der Waals surface area contributed by atoms with E-state index in [1.54, 1.807) is 14.7 Å². The number of rotatable bonds is 36. The lowest BCUT2D eigenvalue weighted by Gasteiger charge is -2.45. The number of carbonyl (C=O) groups is 3. The molecule has 0 bridgehead atoms. The molecular formula is C60H90N3O7P. The first-order valence-electron chi connectivity index (χ1n) is 28.3. The van der Waals surface area contributed by atoms with Gasteiger partial charge >= 0.3 is 7.82 Å². The third kappa shape index (κ3) is 20.2. The number of benzene rings is 3. The molecule has 0 saturated carbocycles. The van der Waals surface area contributed by atoms with E-state index in [4.69, 9.17) is 13.6 Å². The maximum absolute atomic E-state index is 14.4. The molecule has 71 heavy (non-hydrogen) atoms. The number of hydrogen-bond acceptors (Lipinski definition) is 7. The first-order valence-corrected chi connectivity index (χ1v) is 29.8. The first kappa shape index (κ1) is 56.5. The van der Waals surface area contributed by atoms with Gasteiger partial charge in [0.05, 0.1) is 0 Å². The highest BCUT2D eigenvalue weighted by Crippen LogP contribution is 2.55. The van der Waals surface area contributed by atoms with E-state index in [2.05, 4.69) is 93.6 Å². The molecule has 3 amide bonds. The van der Waals surface area contributed by atoms with Gasteiger partial charge in [0, 0.05) is 58.5 Å². The van der Waals surface area contributed by atoms with Crippen LogP contribution >= 0.6 is 7.82 Å². The third-order valence-electron chi connectivity index (χ3n) is 15.0. The van der Waals surface area contributed by atoms with Gasteiger partial charge in [0.2, 0.25) is 17.7 Å². The van der Waals surface area contributed by atoms with Crippen molar-refractivity contribution in [1.82, 2.24) is 14.7 Å². The van der Waals surface area contributed by atoms with Gasteiger partial charge in [-0.2, -0.15) is 0 Å². The topological polar surface area (TPSA) is 106 Å². The standard InChI is InChI=1S/C60H90N3O7P/c1-4-49-31-37-52(38-32-49)25-19-13-7-10-16-22-28-58(64)61-43-55(44-61)68-71(67,69-56-45-62(46-56)59(65)29-23-17-11-8-14-20-26-53-39-33-50(5-2)34-40-53)70-57-47-63(48-57)60(66)30-24-18-12-9-15-21-27-54-41-35-51(6-3)36-42-54/h31-42,55-57H,4-30,43-48H2,1-3H3. The molecule has 0 radical (unpaired) electrons. The monoisotopic (exact) mass is 996 g/mol. The summed E-state index contributed by atoms with van der Waals surface area (Å²) in [5, 5.41) is 0. The predicted molar refractivity (Wildman–Crippen MR) is 287 cm³/mol. The fourth-order valence-electron chi connectivity index (χ4n) is 9.98. The summed E-state index contributed by atoms with van der Waals surface area (Å²) in [5.74, 6) is 0.292. The van der Waals surface area contributed by atoms with Crippen molar-refractivity contribution in [3.63, 3.8) is 0 Å². The van der Waals surface area contributed by atoms with Crippen LogP contribution in [0.2, 0.25) is 0 Å². The number of likely N-dealkylation sites (tertiary alicyclic amines) is 3. The number of carbonyl (C=O) groups excluding carboxylic acids is 3. The lowest BCUT2D eigenvalue weighted by Crippen LogP contribution is -2.57. The van der Waals surface area contributed by atoms with Crippen molar-refractivity contribution in [1.29, 1.82) is 0 Å². The van der Waals surface area contributed by atoms with Gasteiger partial charge in [0.15, 0.2) is 0 Å². The SMILES string of the molecule is CCc1ccc(CCCCCCCCC(=O)N2CC(OP(=O)(OC3CN(C(=O)CCCCCCCCc4ccc(CC)cc4)C3)OC3CN(C(=O)CCCCCCCCc4ccc(CC)cc4)C3)C2)cc1. The number of hydrogen-bond donors (Lipinski definition) is 0. The van der Waals surface area contributed by atoms with Crippen LogP contribution in [0.4, 0.5) is 0 Å². The number of unbranched alkanes of at least 4 members (excludes halogenated alkanes) is 15. The van der Waals surface area contributed by atoms with Crippen molar-refractivity contribution in [3.05, 3.63) is 106 Å². The van der Waals surface area contributed by atoms with Crippen molar-refractivity contribution in [2.45, 2.75) is 212 Å². The Morgan fingerprint density at radius 2 is 0.577 bits per heavy atom. The van der Waals surface area contributed by atoms with Crippen LogP contribution in [0, 0.1) is 0 Å². The molecule has 0 aliphatic carbocycles. The minimum atomic E-state index is -4.06. The van der Waals surface area contributed by atoms with Crippen molar-refractivity contribution < 1.29 is 32.5 Å². The predicted octanol–water partition coefficient (Wildman–Crippen LogP) is 13.4. The van der Waals surface area contributed by atoms with E-state index in [-0.39, 0.29) is 17.7 Å². The fourth-order valence-corrected chi connectivity index (χ4v) is 11.6. The molecule has 11 heteroatoms. The maximum Gasteiger partial charge on any atom is 0.475 e. The second-order valence-electron chi connectivity index (χ2n) is 20.9. The minimum Gasteiger partial charge on any atom is -0.337 e. The molecule has 0 atom stereocenters. The zero-order chi connectivity index (χ0) is 50.1. The third-order valence-corrected chi connectivity index (χ3v) is 16.7. The summed E-state index contributed by atoms with van der Waals surface area (Å²) in [4.78, 5) is 44.4. The smallest absolute Gasteiger partial charge is 0.337 e. The quantitative estimate of drug-likeness (QED) is 0.0422. The molecule has 3 aliphatic rings. The van der Waals surface area contributed by atoms with Gasteiger partial charge < -0.3 is 14.7 Å². The highest BCUT2D eigenvalue weighted by atomic mass is 31.2. The van der Waals surface area contributed by atoms with Crippen molar-refractivity contribution in [3.8, 4) is 0 Å². The average Bonchev–Trinajstić information content (AvgIpc) is 3.34. The number of amides is 3. The Labute approximate surface area is 429 Å². The summed E-state index contributed by atoms with van der Waals surface area (Å²) in [6.45, 7) is 8.63. The van der Waals surface area contributed by atoms with Crippen molar-refractivity contribution in [2.24, 2.45) is 0 Å². The summed E-state index contributed by atoms with van der Waals surface area (Å²) in [6, 6.07) is 26.9. The van der Waals surface area contributed by atoms with Gasteiger partial charge in [-0.15, -0.1) is 0 Å². The Balaban J connectivity index is 0.847. The Morgan fingerprint density at radius 3 is 0.817 bits per heavy atom. The van der Waals surface area contributed by atoms with E-state index in [0.717, 1.165) is 96.3 Å². The Hall–Kier alpha value is -3.82. The number of phosphoric ester groups is 1. The summed E-state index contributed by atoms with van der Waals surface area (Å²) < 4.78 is 32.7. The number of aryl methyl sites for hydroxylation is 6. The molecule has 392 valence electrons. The Morgan fingerprint density at radius 1 is 0.366 bits per heavy atom. The second kappa shape index (κ2) is 31.0. The van der Waals surface area contributed by atoms with Crippen LogP contribution in [0.25, 0.3) is 0 Å². The molecule has 3 aliphatic heterocycles. The fraction of sp³-hybridized carbons (Fsp3) is 0.650. The van der Waals surface area contributed by atoms with Crippen molar-refractivity contribution >= 4 is 25.5 Å². The highest BCUT2D eigenvalue weighted by molar-refractivity contribution is 7.48. The van der Waals surface area contributed by atoms with Gasteiger partial charge in [0.1, 0.15) is 18.3 Å². The Kier molecular flexibility index (Phi) is 24.7. The Bertz CT molecular complexity index is 1810. The first-order chi connectivity index (χ1) is 34.6. The van der Waals surface area contributed by atoms with Crippen molar-refractivity contribution in [2.75, 3.05) is 39.3 Å². The molecular weight excluding hydrogens is 906 g/mol. The molecule has 3 aromatic rings. The normalized spacial score (nSPS) is 15.5. The average molecular weight is 996 g/mol. The summed E-state index contributed by atoms with van der Waals surface area (Å²) in [6.07, 6.45) is 26.5. The summed E-state index contributed by atoms with van der Waals surface area (Å²) >= 11 is 0. The number of phosphoric acid groups is 1. The van der Waals surface area contributed by atoms with Gasteiger partial charge in [-0.1, -0.05) is 171 Å². The van der Waals surface area contributed by atoms with E-state index >= 15 is 0 Å². The van der Waals surface area contributed by atoms with Gasteiger partial charge in [-0.05, 0) is 110 Å². The minimum absolute atomic E-state index is 0.0975. The van der Waals surface area contributed by atoms with Crippen LogP contribution in [0.1, 0.15) is 189 Å². The van der Waals surface area contributed by atoms with E-state index in [0.29, 0.717) is 58.5 Å². The second-order valence-corrected chi connectivity index (χ2v) is 22.4. The molecule has 3 saturated heterocycles. The molecule has 0 N–H and O–H groups in total. The molecule has 0 spiro atoms. The molecule has 0 aromatic heterocycles. The molecule has 3 aromatic carbocycles. The molecule has 3 heterocycles. The summed E-state index contributed by atoms with van der Waals surface area (Å²) in [7, 11) is -4.06. The lowest BCUT2D eigenvalue weighted by molar-refractivity contribution is -0.147. The van der Waals surface area contributed by atoms with Crippen LogP contribution in [-0.2, 0) is 71.0 Å². The van der Waals surface area contributed by atoms with E-state index in [1.165, 1.54) is 91.2 Å². The van der Waals surface area contributed by atoms with Crippen LogP contribution in [0.3, 0.4) is 0 Å².